The summed E-state index contributed by atoms with van der Waals surface area (Å²) in [6, 6.07) is 5.50. The number of aliphatic hydroxyl groups is 1. The Kier molecular flexibility index (Phi) is 5.90. The summed E-state index contributed by atoms with van der Waals surface area (Å²) in [4.78, 5) is 0. The van der Waals surface area contributed by atoms with Crippen LogP contribution in [-0.2, 0) is 15.8 Å². The van der Waals surface area contributed by atoms with Crippen LogP contribution in [0.15, 0.2) is 24.3 Å². The van der Waals surface area contributed by atoms with Gasteiger partial charge in [-0.3, -0.25) is 0 Å². The summed E-state index contributed by atoms with van der Waals surface area (Å²) in [6.07, 6.45) is -0.170. The van der Waals surface area contributed by atoms with Crippen molar-refractivity contribution >= 4 is 10.0 Å². The molecule has 0 amide bonds. The Morgan fingerprint density at radius 1 is 1.37 bits per heavy atom. The highest BCUT2D eigenvalue weighted by molar-refractivity contribution is 7.88. The molecule has 1 atom stereocenters. The van der Waals surface area contributed by atoms with Crippen molar-refractivity contribution in [1.29, 1.82) is 0 Å². The summed E-state index contributed by atoms with van der Waals surface area (Å²) in [5.74, 6) is -0.627. The molecule has 0 aliphatic carbocycles. The Labute approximate surface area is 113 Å². The third-order valence-corrected chi connectivity index (χ3v) is 4.13. The summed E-state index contributed by atoms with van der Waals surface area (Å²) in [5, 5.41) is 9.56. The summed E-state index contributed by atoms with van der Waals surface area (Å²) in [6.45, 7) is 3.91. The molecular formula is C13H20FNO3S. The zero-order valence-corrected chi connectivity index (χ0v) is 12.0. The number of benzene rings is 1. The van der Waals surface area contributed by atoms with E-state index in [1.54, 1.807) is 6.07 Å². The smallest absolute Gasteiger partial charge is 0.215 e. The zero-order valence-electron chi connectivity index (χ0n) is 11.1. The van der Waals surface area contributed by atoms with Gasteiger partial charge in [-0.1, -0.05) is 26.0 Å². The molecule has 1 rings (SSSR count). The average molecular weight is 289 g/mol. The first-order chi connectivity index (χ1) is 8.80. The molecule has 1 aromatic carbocycles. The van der Waals surface area contributed by atoms with Crippen LogP contribution in [0, 0.1) is 11.7 Å². The maximum Gasteiger partial charge on any atom is 0.215 e. The highest BCUT2D eigenvalue weighted by Crippen LogP contribution is 2.08. The quantitative estimate of drug-likeness (QED) is 0.802. The second-order valence-electron chi connectivity index (χ2n) is 4.88. The Balaban J connectivity index is 2.49. The van der Waals surface area contributed by atoms with E-state index < -0.39 is 21.9 Å². The van der Waals surface area contributed by atoms with Gasteiger partial charge >= 0.3 is 0 Å². The van der Waals surface area contributed by atoms with Gasteiger partial charge in [0.1, 0.15) is 5.82 Å². The van der Waals surface area contributed by atoms with E-state index in [0.717, 1.165) is 0 Å². The van der Waals surface area contributed by atoms with Gasteiger partial charge in [0, 0.05) is 6.54 Å². The summed E-state index contributed by atoms with van der Waals surface area (Å²) in [5.41, 5.74) is 0.400. The fourth-order valence-corrected chi connectivity index (χ4v) is 2.74. The number of hydrogen-bond donors (Lipinski definition) is 2. The van der Waals surface area contributed by atoms with Gasteiger partial charge in [-0.25, -0.2) is 17.5 Å². The zero-order chi connectivity index (χ0) is 14.5. The van der Waals surface area contributed by atoms with E-state index in [4.69, 9.17) is 0 Å². The fraction of sp³-hybridized carbons (Fsp3) is 0.538. The molecular weight excluding hydrogens is 269 g/mol. The Morgan fingerprint density at radius 3 is 2.63 bits per heavy atom. The lowest BCUT2D eigenvalue weighted by atomic mass is 10.1. The van der Waals surface area contributed by atoms with Crippen molar-refractivity contribution in [2.24, 2.45) is 5.92 Å². The highest BCUT2D eigenvalue weighted by atomic mass is 32.2. The topological polar surface area (TPSA) is 66.4 Å². The molecule has 0 aliphatic rings. The first kappa shape index (κ1) is 16.1. The molecule has 0 aliphatic heterocycles. The molecule has 0 aromatic heterocycles. The molecule has 1 aromatic rings. The van der Waals surface area contributed by atoms with Crippen LogP contribution in [0.1, 0.15) is 25.8 Å². The van der Waals surface area contributed by atoms with E-state index in [9.17, 15) is 17.9 Å². The lowest BCUT2D eigenvalue weighted by molar-refractivity contribution is 0.118. The predicted octanol–water partition coefficient (Wildman–Crippen LogP) is 1.65. The largest absolute Gasteiger partial charge is 0.393 e. The second-order valence-corrected chi connectivity index (χ2v) is 6.69. The minimum absolute atomic E-state index is 0.0905. The molecule has 0 radical (unpaired) electrons. The van der Waals surface area contributed by atoms with Crippen molar-refractivity contribution in [3.05, 3.63) is 35.6 Å². The minimum Gasteiger partial charge on any atom is -0.393 e. The molecule has 0 bridgehead atoms. The lowest BCUT2D eigenvalue weighted by Gasteiger charge is -2.14. The lowest BCUT2D eigenvalue weighted by Crippen LogP contribution is -2.29. The fourth-order valence-electron chi connectivity index (χ4n) is 1.59. The van der Waals surface area contributed by atoms with Gasteiger partial charge in [0.15, 0.2) is 0 Å². The molecule has 1 unspecified atom stereocenters. The van der Waals surface area contributed by atoms with Gasteiger partial charge in [0.25, 0.3) is 0 Å². The van der Waals surface area contributed by atoms with Crippen molar-refractivity contribution in [2.75, 3.05) is 6.54 Å². The summed E-state index contributed by atoms with van der Waals surface area (Å²) >= 11 is 0. The Hall–Kier alpha value is -0.980. The van der Waals surface area contributed by atoms with Crippen LogP contribution in [0.5, 0.6) is 0 Å². The van der Waals surface area contributed by atoms with Gasteiger partial charge in [0.05, 0.1) is 11.9 Å². The molecule has 108 valence electrons. The average Bonchev–Trinajstić information content (AvgIpc) is 2.27. The van der Waals surface area contributed by atoms with Crippen LogP contribution in [0.4, 0.5) is 4.39 Å². The van der Waals surface area contributed by atoms with Gasteiger partial charge in [-0.2, -0.15) is 0 Å². The molecule has 0 spiro atoms. The normalized spacial score (nSPS) is 13.7. The van der Waals surface area contributed by atoms with Crippen LogP contribution in [0.2, 0.25) is 0 Å². The number of rotatable bonds is 7. The maximum absolute atomic E-state index is 12.9. The standard InChI is InChI=1S/C13H20FNO3S/c1-10(2)13(16)6-7-15-19(17,18)9-11-4-3-5-12(14)8-11/h3-5,8,10,13,15-16H,6-7,9H2,1-2H3. The molecule has 0 heterocycles. The van der Waals surface area contributed by atoms with Gasteiger partial charge < -0.3 is 5.11 Å². The third-order valence-electron chi connectivity index (χ3n) is 2.78. The highest BCUT2D eigenvalue weighted by Gasteiger charge is 2.14. The van der Waals surface area contributed by atoms with E-state index in [2.05, 4.69) is 4.72 Å². The molecule has 6 heteroatoms. The molecule has 0 saturated carbocycles. The Morgan fingerprint density at radius 2 is 2.05 bits per heavy atom. The number of sulfonamides is 1. The van der Waals surface area contributed by atoms with Crippen molar-refractivity contribution in [1.82, 2.24) is 4.72 Å². The van der Waals surface area contributed by atoms with Crippen molar-refractivity contribution in [2.45, 2.75) is 32.1 Å². The number of nitrogens with one attached hydrogen (secondary N) is 1. The van der Waals surface area contributed by atoms with E-state index in [0.29, 0.717) is 12.0 Å². The van der Waals surface area contributed by atoms with Crippen molar-refractivity contribution < 1.29 is 17.9 Å². The molecule has 2 N–H and O–H groups in total. The van der Waals surface area contributed by atoms with E-state index in [1.807, 2.05) is 13.8 Å². The van der Waals surface area contributed by atoms with Crippen LogP contribution in [-0.4, -0.2) is 26.2 Å². The van der Waals surface area contributed by atoms with Crippen LogP contribution >= 0.6 is 0 Å². The van der Waals surface area contributed by atoms with Crippen LogP contribution in [0.25, 0.3) is 0 Å². The third kappa shape index (κ3) is 6.13. The molecule has 0 fully saturated rings. The first-order valence-electron chi connectivity index (χ1n) is 6.20. The molecule has 19 heavy (non-hydrogen) atoms. The first-order valence-corrected chi connectivity index (χ1v) is 7.85. The second kappa shape index (κ2) is 6.98. The maximum atomic E-state index is 12.9. The summed E-state index contributed by atoms with van der Waals surface area (Å²) < 4.78 is 38.8. The number of hydrogen-bond acceptors (Lipinski definition) is 3. The van der Waals surface area contributed by atoms with E-state index >= 15 is 0 Å². The van der Waals surface area contributed by atoms with E-state index in [1.165, 1.54) is 18.2 Å². The van der Waals surface area contributed by atoms with Crippen LogP contribution in [0.3, 0.4) is 0 Å². The Bertz CT molecular complexity index is 502. The summed E-state index contributed by atoms with van der Waals surface area (Å²) in [7, 11) is -3.50. The SMILES string of the molecule is CC(C)C(O)CCNS(=O)(=O)Cc1cccc(F)c1. The molecule has 0 saturated heterocycles. The number of halogens is 1. The monoisotopic (exact) mass is 289 g/mol. The minimum atomic E-state index is -3.50. The molecule has 4 nitrogen and oxygen atoms in total. The predicted molar refractivity (Wildman–Crippen MR) is 72.5 cm³/mol. The van der Waals surface area contributed by atoms with Gasteiger partial charge in [0.2, 0.25) is 10.0 Å². The van der Waals surface area contributed by atoms with Crippen molar-refractivity contribution in [3.63, 3.8) is 0 Å². The van der Waals surface area contributed by atoms with Gasteiger partial charge in [-0.15, -0.1) is 0 Å². The number of aliphatic hydroxyl groups excluding tert-OH is 1. The van der Waals surface area contributed by atoms with Crippen molar-refractivity contribution in [3.8, 4) is 0 Å². The van der Waals surface area contributed by atoms with Crippen LogP contribution < -0.4 is 4.72 Å². The van der Waals surface area contributed by atoms with Gasteiger partial charge in [-0.05, 0) is 30.0 Å². The van der Waals surface area contributed by atoms with E-state index in [-0.39, 0.29) is 18.2 Å².